The van der Waals surface area contributed by atoms with Crippen molar-refractivity contribution >= 4 is 39.5 Å². The smallest absolute Gasteiger partial charge is 0.462 e. The minimum absolute atomic E-state index is 0.106. The molecule has 0 fully saturated rings. The van der Waals surface area contributed by atoms with Crippen LogP contribution in [0.25, 0.3) is 0 Å². The predicted molar refractivity (Wildman–Crippen MR) is 418 cm³/mol. The van der Waals surface area contributed by atoms with Crippen LogP contribution in [0.15, 0.2) is 0 Å². The molecule has 0 aromatic heterocycles. The topological polar surface area (TPSA) is 237 Å². The predicted octanol–water partition coefficient (Wildman–Crippen LogP) is 24.8. The van der Waals surface area contributed by atoms with Crippen molar-refractivity contribution in [3.63, 3.8) is 0 Å². The van der Waals surface area contributed by atoms with Crippen LogP contribution in [0.1, 0.15) is 428 Å². The van der Waals surface area contributed by atoms with E-state index in [4.69, 9.17) is 37.0 Å². The zero-order chi connectivity index (χ0) is 75.3. The van der Waals surface area contributed by atoms with E-state index in [1.54, 1.807) is 0 Å². The van der Waals surface area contributed by atoms with Gasteiger partial charge >= 0.3 is 39.5 Å². The number of hydrogen-bond donors (Lipinski definition) is 3. The third-order valence-electron chi connectivity index (χ3n) is 19.3. The van der Waals surface area contributed by atoms with Crippen molar-refractivity contribution in [3.8, 4) is 0 Å². The largest absolute Gasteiger partial charge is 0.472 e. The Hall–Kier alpha value is -1.94. The molecule has 0 heterocycles. The number of aliphatic hydroxyl groups is 1. The van der Waals surface area contributed by atoms with Crippen LogP contribution in [0.3, 0.4) is 0 Å². The molecule has 0 spiro atoms. The summed E-state index contributed by atoms with van der Waals surface area (Å²) in [4.78, 5) is 73.0. The fourth-order valence-corrected chi connectivity index (χ4v) is 14.4. The van der Waals surface area contributed by atoms with Crippen LogP contribution in [0, 0.1) is 23.7 Å². The molecule has 0 saturated carbocycles. The molecule has 102 heavy (non-hydrogen) atoms. The molecule has 606 valence electrons. The highest BCUT2D eigenvalue weighted by Crippen LogP contribution is 2.45. The van der Waals surface area contributed by atoms with Crippen LogP contribution in [0.4, 0.5) is 0 Å². The van der Waals surface area contributed by atoms with Gasteiger partial charge in [-0.2, -0.15) is 0 Å². The Balaban J connectivity index is 5.20. The first-order valence-corrected chi connectivity index (χ1v) is 45.7. The number of ether oxygens (including phenoxy) is 4. The second-order valence-electron chi connectivity index (χ2n) is 31.8. The number of esters is 4. The van der Waals surface area contributed by atoms with Crippen molar-refractivity contribution in [1.29, 1.82) is 0 Å². The zero-order valence-corrected chi connectivity index (χ0v) is 69.0. The molecule has 0 saturated heterocycles. The van der Waals surface area contributed by atoms with Crippen LogP contribution in [0.2, 0.25) is 0 Å². The standard InChI is InChI=1S/C83H162O17P2/c1-73(2)59-51-43-35-29-23-17-13-11-9-10-12-14-20-26-32-38-47-55-63-80(85)93-69-78(99-82(87)65-57-49-39-33-27-21-15-18-24-30-36-44-52-60-74(3)4)71-97-101(89,90)95-67-77(84)68-96-102(91,92)98-72-79(70-94-81(86)64-56-48-42-41-46-54-62-76(7)8)100-83(88)66-58-50-40-34-28-22-16-19-25-31-37-45-53-61-75(5)6/h73-79,84H,9-72H2,1-8H3,(H,89,90)(H,91,92)/t77-,78-,79-/m1/s1. The molecular formula is C83H162O17P2. The quantitative estimate of drug-likeness (QED) is 0.0222. The number of aliphatic hydroxyl groups excluding tert-OH is 1. The van der Waals surface area contributed by atoms with Crippen molar-refractivity contribution in [3.05, 3.63) is 0 Å². The van der Waals surface area contributed by atoms with Crippen molar-refractivity contribution < 1.29 is 80.2 Å². The van der Waals surface area contributed by atoms with Crippen LogP contribution in [-0.2, 0) is 65.4 Å². The molecule has 17 nitrogen and oxygen atoms in total. The fourth-order valence-electron chi connectivity index (χ4n) is 12.8. The molecule has 2 unspecified atom stereocenters. The Morgan fingerprint density at radius 3 is 0.608 bits per heavy atom. The highest BCUT2D eigenvalue weighted by Gasteiger charge is 2.30. The van der Waals surface area contributed by atoms with E-state index in [1.165, 1.54) is 225 Å². The summed E-state index contributed by atoms with van der Waals surface area (Å²) >= 11 is 0. The monoisotopic (exact) mass is 1490 g/mol. The first kappa shape index (κ1) is 100. The second kappa shape index (κ2) is 72.0. The molecule has 0 aliphatic rings. The fraction of sp³-hybridized carbons (Fsp3) is 0.952. The van der Waals surface area contributed by atoms with Crippen LogP contribution in [-0.4, -0.2) is 96.7 Å². The summed E-state index contributed by atoms with van der Waals surface area (Å²) in [6.45, 7) is 14.2. The van der Waals surface area contributed by atoms with Crippen molar-refractivity contribution in [2.75, 3.05) is 39.6 Å². The van der Waals surface area contributed by atoms with E-state index in [0.717, 1.165) is 114 Å². The van der Waals surface area contributed by atoms with Crippen molar-refractivity contribution in [2.45, 2.75) is 446 Å². The van der Waals surface area contributed by atoms with Gasteiger partial charge in [0.2, 0.25) is 0 Å². The Bertz CT molecular complexity index is 1990. The highest BCUT2D eigenvalue weighted by molar-refractivity contribution is 7.47. The van der Waals surface area contributed by atoms with Gasteiger partial charge in [-0.05, 0) is 49.4 Å². The van der Waals surface area contributed by atoms with Crippen LogP contribution in [0.5, 0.6) is 0 Å². The Morgan fingerprint density at radius 2 is 0.412 bits per heavy atom. The molecule has 0 bridgehead atoms. The zero-order valence-electron chi connectivity index (χ0n) is 67.2. The van der Waals surface area contributed by atoms with Crippen molar-refractivity contribution in [1.82, 2.24) is 0 Å². The maximum Gasteiger partial charge on any atom is 0.472 e. The lowest BCUT2D eigenvalue weighted by Gasteiger charge is -2.21. The Kier molecular flexibility index (Phi) is 70.6. The summed E-state index contributed by atoms with van der Waals surface area (Å²) in [5.41, 5.74) is 0. The van der Waals surface area contributed by atoms with Gasteiger partial charge in [-0.1, -0.05) is 376 Å². The van der Waals surface area contributed by atoms with E-state index in [1.807, 2.05) is 0 Å². The molecule has 0 rings (SSSR count). The molecule has 0 aliphatic carbocycles. The number of phosphoric acid groups is 2. The van der Waals surface area contributed by atoms with Gasteiger partial charge in [0.1, 0.15) is 19.3 Å². The molecule has 0 aromatic rings. The summed E-state index contributed by atoms with van der Waals surface area (Å²) in [5, 5.41) is 10.6. The van der Waals surface area contributed by atoms with E-state index in [0.29, 0.717) is 31.6 Å². The summed E-state index contributed by atoms with van der Waals surface area (Å²) in [7, 11) is -9.92. The highest BCUT2D eigenvalue weighted by atomic mass is 31.2. The van der Waals surface area contributed by atoms with Gasteiger partial charge < -0.3 is 33.8 Å². The first-order valence-electron chi connectivity index (χ1n) is 42.7. The molecule has 3 N–H and O–H groups in total. The Labute approximate surface area is 626 Å². The molecule has 0 radical (unpaired) electrons. The maximum atomic E-state index is 13.1. The minimum Gasteiger partial charge on any atom is -0.462 e. The number of phosphoric ester groups is 2. The van der Waals surface area contributed by atoms with E-state index in [9.17, 15) is 43.2 Å². The molecule has 0 aliphatic heterocycles. The Morgan fingerprint density at radius 1 is 0.245 bits per heavy atom. The maximum absolute atomic E-state index is 13.1. The van der Waals surface area contributed by atoms with Crippen molar-refractivity contribution in [2.24, 2.45) is 23.7 Å². The average Bonchev–Trinajstić information content (AvgIpc) is 0.914. The normalized spacial score (nSPS) is 14.0. The first-order chi connectivity index (χ1) is 49.1. The van der Waals surface area contributed by atoms with Gasteiger partial charge in [-0.3, -0.25) is 37.3 Å². The van der Waals surface area contributed by atoms with E-state index in [2.05, 4.69) is 55.4 Å². The molecule has 5 atom stereocenters. The van der Waals surface area contributed by atoms with Crippen LogP contribution >= 0.6 is 15.6 Å². The third-order valence-corrected chi connectivity index (χ3v) is 21.2. The summed E-state index contributed by atoms with van der Waals surface area (Å²) in [6.07, 6.45) is 59.9. The third kappa shape index (κ3) is 76.3. The molecule has 0 amide bonds. The molecule has 0 aromatic carbocycles. The summed E-state index contributed by atoms with van der Waals surface area (Å²) in [5.74, 6) is 0.962. The number of carbonyl (C=O) groups is 4. The van der Waals surface area contributed by atoms with Gasteiger partial charge in [0.05, 0.1) is 26.4 Å². The lowest BCUT2D eigenvalue weighted by atomic mass is 10.0. The molecule has 19 heteroatoms. The lowest BCUT2D eigenvalue weighted by Crippen LogP contribution is -2.30. The number of hydrogen-bond acceptors (Lipinski definition) is 15. The average molecular weight is 1490 g/mol. The SMILES string of the molecule is CC(C)CCCCCCCCCCCCCCCCCCCCC(=O)OC[C@H](COP(=O)(O)OC[C@@H](O)COP(=O)(O)OC[C@@H](COC(=O)CCCCCCCCC(C)C)OC(=O)CCCCCCCCCCCCCCCC(C)C)OC(=O)CCCCCCCCCCCCCCCC(C)C. The number of carbonyl (C=O) groups excluding carboxylic acids is 4. The molecular weight excluding hydrogens is 1330 g/mol. The number of rotatable bonds is 80. The lowest BCUT2D eigenvalue weighted by molar-refractivity contribution is -0.161. The van der Waals surface area contributed by atoms with E-state index < -0.39 is 97.5 Å². The van der Waals surface area contributed by atoms with Gasteiger partial charge in [-0.15, -0.1) is 0 Å². The van der Waals surface area contributed by atoms with Gasteiger partial charge in [-0.25, -0.2) is 9.13 Å². The van der Waals surface area contributed by atoms with Gasteiger partial charge in [0.15, 0.2) is 12.2 Å². The minimum atomic E-state index is -4.96. The van der Waals surface area contributed by atoms with Crippen LogP contribution < -0.4 is 0 Å². The van der Waals surface area contributed by atoms with E-state index in [-0.39, 0.29) is 25.7 Å². The van der Waals surface area contributed by atoms with E-state index >= 15 is 0 Å². The van der Waals surface area contributed by atoms with Gasteiger partial charge in [0.25, 0.3) is 0 Å². The van der Waals surface area contributed by atoms with Gasteiger partial charge in [0, 0.05) is 25.7 Å². The summed E-state index contributed by atoms with van der Waals surface area (Å²) in [6, 6.07) is 0. The summed E-state index contributed by atoms with van der Waals surface area (Å²) < 4.78 is 68.7. The second-order valence-corrected chi connectivity index (χ2v) is 34.7. The number of unbranched alkanes of at least 4 members (excludes halogenated alkanes) is 46.